The molecular formula is C16H22N4O2. The Morgan fingerprint density at radius 1 is 1.36 bits per heavy atom. The fourth-order valence-corrected chi connectivity index (χ4v) is 2.55. The standard InChI is InChI=1S/C16H22N4O2/c1-12-4-5-13(7-18-12)3-2-6-17-15-10-21-11-16(15)22-14-8-19-20-9-14/h4-5,7-9,15-17H,2-3,6,10-11H2,1H3,(H,19,20)/t15-,16+/m0/s1. The predicted octanol–water partition coefficient (Wildman–Crippen LogP) is 1.48. The second-order valence-corrected chi connectivity index (χ2v) is 5.60. The summed E-state index contributed by atoms with van der Waals surface area (Å²) < 4.78 is 11.4. The molecule has 0 amide bonds. The summed E-state index contributed by atoms with van der Waals surface area (Å²) in [6.07, 6.45) is 7.53. The molecule has 0 aromatic carbocycles. The molecular weight excluding hydrogens is 280 g/mol. The van der Waals surface area contributed by atoms with Crippen molar-refractivity contribution >= 4 is 0 Å². The third-order valence-corrected chi connectivity index (χ3v) is 3.81. The zero-order chi connectivity index (χ0) is 15.2. The molecule has 1 saturated heterocycles. The summed E-state index contributed by atoms with van der Waals surface area (Å²) in [7, 11) is 0. The molecule has 2 atom stereocenters. The van der Waals surface area contributed by atoms with Gasteiger partial charge in [-0.3, -0.25) is 10.1 Å². The van der Waals surface area contributed by atoms with Crippen LogP contribution >= 0.6 is 0 Å². The molecule has 0 spiro atoms. The minimum Gasteiger partial charge on any atom is -0.483 e. The van der Waals surface area contributed by atoms with E-state index in [1.807, 2.05) is 13.1 Å². The van der Waals surface area contributed by atoms with Crippen molar-refractivity contribution in [1.29, 1.82) is 0 Å². The fourth-order valence-electron chi connectivity index (χ4n) is 2.55. The van der Waals surface area contributed by atoms with E-state index in [0.29, 0.717) is 13.2 Å². The lowest BCUT2D eigenvalue weighted by atomic mass is 10.1. The second kappa shape index (κ2) is 7.38. The lowest BCUT2D eigenvalue weighted by molar-refractivity contribution is 0.139. The van der Waals surface area contributed by atoms with E-state index in [4.69, 9.17) is 9.47 Å². The van der Waals surface area contributed by atoms with Crippen molar-refractivity contribution in [2.75, 3.05) is 19.8 Å². The first-order valence-electron chi connectivity index (χ1n) is 7.69. The van der Waals surface area contributed by atoms with E-state index in [9.17, 15) is 0 Å². The van der Waals surface area contributed by atoms with Gasteiger partial charge in [0.1, 0.15) is 6.10 Å². The molecule has 1 fully saturated rings. The molecule has 6 nitrogen and oxygen atoms in total. The summed E-state index contributed by atoms with van der Waals surface area (Å²) in [4.78, 5) is 4.32. The van der Waals surface area contributed by atoms with Gasteiger partial charge in [-0.15, -0.1) is 0 Å². The van der Waals surface area contributed by atoms with Crippen LogP contribution in [-0.4, -0.2) is 47.1 Å². The summed E-state index contributed by atoms with van der Waals surface area (Å²) in [6.45, 7) is 4.25. The minimum atomic E-state index is 0.0404. The smallest absolute Gasteiger partial charge is 0.157 e. The number of hydrogen-bond acceptors (Lipinski definition) is 5. The van der Waals surface area contributed by atoms with Crippen molar-refractivity contribution in [1.82, 2.24) is 20.5 Å². The van der Waals surface area contributed by atoms with E-state index in [1.165, 1.54) is 5.56 Å². The van der Waals surface area contributed by atoms with Gasteiger partial charge in [-0.25, -0.2) is 0 Å². The number of hydrogen-bond donors (Lipinski definition) is 2. The van der Waals surface area contributed by atoms with Crippen LogP contribution in [-0.2, 0) is 11.2 Å². The summed E-state index contributed by atoms with van der Waals surface area (Å²) in [5.74, 6) is 0.757. The molecule has 3 heterocycles. The van der Waals surface area contributed by atoms with Crippen molar-refractivity contribution in [3.8, 4) is 5.75 Å². The van der Waals surface area contributed by atoms with Gasteiger partial charge in [0, 0.05) is 11.9 Å². The summed E-state index contributed by atoms with van der Waals surface area (Å²) in [6, 6.07) is 4.43. The van der Waals surface area contributed by atoms with E-state index in [2.05, 4.69) is 32.6 Å². The Morgan fingerprint density at radius 3 is 3.09 bits per heavy atom. The van der Waals surface area contributed by atoms with Crippen LogP contribution in [0.25, 0.3) is 0 Å². The van der Waals surface area contributed by atoms with Gasteiger partial charge in [-0.2, -0.15) is 5.10 Å². The van der Waals surface area contributed by atoms with Gasteiger partial charge < -0.3 is 14.8 Å². The molecule has 0 unspecified atom stereocenters. The molecule has 0 saturated carbocycles. The Hall–Kier alpha value is -1.92. The number of nitrogens with zero attached hydrogens (tertiary/aromatic N) is 2. The first-order valence-corrected chi connectivity index (χ1v) is 7.69. The van der Waals surface area contributed by atoms with Gasteiger partial charge in [0.2, 0.25) is 0 Å². The highest BCUT2D eigenvalue weighted by Crippen LogP contribution is 2.15. The number of nitrogens with one attached hydrogen (secondary N) is 2. The Balaban J connectivity index is 1.39. The first kappa shape index (κ1) is 15.0. The largest absolute Gasteiger partial charge is 0.483 e. The number of aromatic nitrogens is 3. The molecule has 0 radical (unpaired) electrons. The summed E-state index contributed by atoms with van der Waals surface area (Å²) >= 11 is 0. The van der Waals surface area contributed by atoms with Crippen LogP contribution in [0, 0.1) is 6.92 Å². The topological polar surface area (TPSA) is 72.1 Å². The Kier molecular flexibility index (Phi) is 5.03. The normalized spacial score (nSPS) is 21.1. The van der Waals surface area contributed by atoms with Crippen molar-refractivity contribution in [3.63, 3.8) is 0 Å². The van der Waals surface area contributed by atoms with Gasteiger partial charge in [0.25, 0.3) is 0 Å². The fraction of sp³-hybridized carbons (Fsp3) is 0.500. The van der Waals surface area contributed by atoms with Crippen LogP contribution < -0.4 is 10.1 Å². The van der Waals surface area contributed by atoms with E-state index >= 15 is 0 Å². The van der Waals surface area contributed by atoms with Gasteiger partial charge in [0.05, 0.1) is 31.6 Å². The SMILES string of the molecule is Cc1ccc(CCCN[C@H]2COC[C@H]2Oc2cn[nH]c2)cn1. The molecule has 22 heavy (non-hydrogen) atoms. The maximum absolute atomic E-state index is 5.87. The van der Waals surface area contributed by atoms with Crippen LogP contribution in [0.5, 0.6) is 5.75 Å². The first-order chi connectivity index (χ1) is 10.8. The molecule has 0 aliphatic carbocycles. The Morgan fingerprint density at radius 2 is 2.32 bits per heavy atom. The van der Waals surface area contributed by atoms with Crippen molar-refractivity contribution in [2.24, 2.45) is 0 Å². The molecule has 2 aromatic heterocycles. The number of aryl methyl sites for hydroxylation is 2. The highest BCUT2D eigenvalue weighted by molar-refractivity contribution is 5.13. The summed E-state index contributed by atoms with van der Waals surface area (Å²) in [5.41, 5.74) is 2.34. The van der Waals surface area contributed by atoms with Crippen molar-refractivity contribution in [2.45, 2.75) is 31.9 Å². The Bertz CT molecular complexity index is 556. The van der Waals surface area contributed by atoms with E-state index in [0.717, 1.165) is 30.8 Å². The molecule has 1 aliphatic heterocycles. The molecule has 0 bridgehead atoms. The highest BCUT2D eigenvalue weighted by atomic mass is 16.5. The maximum Gasteiger partial charge on any atom is 0.157 e. The highest BCUT2D eigenvalue weighted by Gasteiger charge is 2.29. The van der Waals surface area contributed by atoms with Gasteiger partial charge in [-0.05, 0) is 37.9 Å². The number of H-pyrrole nitrogens is 1. The van der Waals surface area contributed by atoms with Crippen LogP contribution in [0.3, 0.4) is 0 Å². The van der Waals surface area contributed by atoms with E-state index < -0.39 is 0 Å². The zero-order valence-corrected chi connectivity index (χ0v) is 12.8. The van der Waals surface area contributed by atoms with Crippen LogP contribution in [0.4, 0.5) is 0 Å². The minimum absolute atomic E-state index is 0.0404. The number of rotatable bonds is 7. The molecule has 2 aromatic rings. The molecule has 3 rings (SSSR count). The number of pyridine rings is 1. The van der Waals surface area contributed by atoms with E-state index in [1.54, 1.807) is 12.4 Å². The third-order valence-electron chi connectivity index (χ3n) is 3.81. The average molecular weight is 302 g/mol. The lowest BCUT2D eigenvalue weighted by Crippen LogP contribution is -2.42. The number of ether oxygens (including phenoxy) is 2. The number of aromatic amines is 1. The van der Waals surface area contributed by atoms with Crippen molar-refractivity contribution in [3.05, 3.63) is 42.0 Å². The van der Waals surface area contributed by atoms with Crippen LogP contribution in [0.1, 0.15) is 17.7 Å². The summed E-state index contributed by atoms with van der Waals surface area (Å²) in [5, 5.41) is 10.2. The second-order valence-electron chi connectivity index (χ2n) is 5.60. The van der Waals surface area contributed by atoms with Crippen molar-refractivity contribution < 1.29 is 9.47 Å². The van der Waals surface area contributed by atoms with Crippen LogP contribution in [0.2, 0.25) is 0 Å². The maximum atomic E-state index is 5.87. The third kappa shape index (κ3) is 4.05. The quantitative estimate of drug-likeness (QED) is 0.758. The zero-order valence-electron chi connectivity index (χ0n) is 12.8. The monoisotopic (exact) mass is 302 g/mol. The molecule has 2 N–H and O–H groups in total. The molecule has 6 heteroatoms. The average Bonchev–Trinajstić information content (AvgIpc) is 3.18. The van der Waals surface area contributed by atoms with Gasteiger partial charge in [0.15, 0.2) is 5.75 Å². The van der Waals surface area contributed by atoms with Gasteiger partial charge >= 0.3 is 0 Å². The molecule has 1 aliphatic rings. The van der Waals surface area contributed by atoms with Crippen LogP contribution in [0.15, 0.2) is 30.7 Å². The Labute approximate surface area is 130 Å². The van der Waals surface area contributed by atoms with E-state index in [-0.39, 0.29) is 12.1 Å². The molecule has 118 valence electrons. The lowest BCUT2D eigenvalue weighted by Gasteiger charge is -2.19. The predicted molar refractivity (Wildman–Crippen MR) is 82.9 cm³/mol. The van der Waals surface area contributed by atoms with Gasteiger partial charge in [-0.1, -0.05) is 6.07 Å².